The highest BCUT2D eigenvalue weighted by atomic mass is 15.0. The lowest BCUT2D eigenvalue weighted by atomic mass is 9.84. The fraction of sp³-hybridized carbons (Fsp3) is 0.733. The number of hydrogen-bond donors (Lipinski definition) is 1. The largest absolute Gasteiger partial charge is 0.310 e. The van der Waals surface area contributed by atoms with Gasteiger partial charge in [-0.1, -0.05) is 20.3 Å². The van der Waals surface area contributed by atoms with Crippen LogP contribution in [0.25, 0.3) is 0 Å². The summed E-state index contributed by atoms with van der Waals surface area (Å²) in [6, 6.07) is 0.747. The molecule has 1 aromatic heterocycles. The summed E-state index contributed by atoms with van der Waals surface area (Å²) in [7, 11) is 0. The first-order valence-corrected chi connectivity index (χ1v) is 7.33. The summed E-state index contributed by atoms with van der Waals surface area (Å²) in [4.78, 5) is 9.43. The third kappa shape index (κ3) is 2.56. The molecule has 2 fully saturated rings. The minimum atomic E-state index is 0.489. The lowest BCUT2D eigenvalue weighted by Crippen LogP contribution is -2.20. The maximum absolute atomic E-state index is 4.84. The van der Waals surface area contributed by atoms with Crippen molar-refractivity contribution >= 4 is 0 Å². The predicted octanol–water partition coefficient (Wildman–Crippen LogP) is 3.12. The Hall–Kier alpha value is -0.960. The first kappa shape index (κ1) is 12.1. The lowest BCUT2D eigenvalue weighted by molar-refractivity contribution is 0.399. The summed E-state index contributed by atoms with van der Waals surface area (Å²) in [6.07, 6.45) is 8.62. The molecule has 0 atom stereocenters. The molecule has 0 bridgehead atoms. The van der Waals surface area contributed by atoms with Crippen LogP contribution in [0, 0.1) is 0 Å². The van der Waals surface area contributed by atoms with E-state index in [0.29, 0.717) is 11.8 Å². The number of aromatic nitrogens is 2. The molecular weight excluding hydrogens is 222 g/mol. The van der Waals surface area contributed by atoms with Crippen molar-refractivity contribution in [1.82, 2.24) is 15.3 Å². The molecule has 2 aliphatic rings. The van der Waals surface area contributed by atoms with Gasteiger partial charge in [0.25, 0.3) is 0 Å². The maximum Gasteiger partial charge on any atom is 0.131 e. The first-order valence-electron chi connectivity index (χ1n) is 7.33. The molecule has 0 spiro atoms. The van der Waals surface area contributed by atoms with Crippen molar-refractivity contribution in [1.29, 1.82) is 0 Å². The molecule has 1 N–H and O–H groups in total. The van der Waals surface area contributed by atoms with Gasteiger partial charge < -0.3 is 5.32 Å². The second kappa shape index (κ2) is 4.96. The average Bonchev–Trinajstić information content (AvgIpc) is 3.08. The molecule has 0 aliphatic heterocycles. The summed E-state index contributed by atoms with van der Waals surface area (Å²) >= 11 is 0. The molecule has 98 valence electrons. The first-order chi connectivity index (χ1) is 8.74. The normalized spacial score (nSPS) is 20.2. The van der Waals surface area contributed by atoms with Crippen LogP contribution in [0.2, 0.25) is 0 Å². The van der Waals surface area contributed by atoms with Gasteiger partial charge in [0.1, 0.15) is 5.82 Å². The Kier molecular flexibility index (Phi) is 3.33. The van der Waals surface area contributed by atoms with Crippen molar-refractivity contribution in [2.45, 2.75) is 70.4 Å². The molecule has 0 unspecified atom stereocenters. The van der Waals surface area contributed by atoms with Crippen LogP contribution in [-0.4, -0.2) is 16.0 Å². The average molecular weight is 245 g/mol. The van der Waals surface area contributed by atoms with Crippen molar-refractivity contribution in [2.24, 2.45) is 0 Å². The summed E-state index contributed by atoms with van der Waals surface area (Å²) in [5.41, 5.74) is 2.54. The third-order valence-corrected chi connectivity index (χ3v) is 4.09. The standard InChI is InChI=1S/C15H23N3/c1-10(2)14-12(8-16-13-6-7-13)9-17-15(18-14)11-4-3-5-11/h9-11,13,16H,3-8H2,1-2H3. The van der Waals surface area contributed by atoms with Gasteiger partial charge in [0.2, 0.25) is 0 Å². The Bertz CT molecular complexity index is 420. The number of hydrogen-bond acceptors (Lipinski definition) is 3. The van der Waals surface area contributed by atoms with Crippen LogP contribution in [0.4, 0.5) is 0 Å². The van der Waals surface area contributed by atoms with Crippen LogP contribution < -0.4 is 5.32 Å². The van der Waals surface area contributed by atoms with Gasteiger partial charge in [0, 0.05) is 30.3 Å². The minimum Gasteiger partial charge on any atom is -0.310 e. The molecule has 2 aliphatic carbocycles. The molecule has 0 radical (unpaired) electrons. The zero-order chi connectivity index (χ0) is 12.5. The van der Waals surface area contributed by atoms with Gasteiger partial charge in [0.15, 0.2) is 0 Å². The van der Waals surface area contributed by atoms with Gasteiger partial charge in [-0.25, -0.2) is 9.97 Å². The van der Waals surface area contributed by atoms with E-state index in [1.165, 1.54) is 43.4 Å². The molecule has 0 amide bonds. The van der Waals surface area contributed by atoms with E-state index in [0.717, 1.165) is 18.4 Å². The molecule has 3 nitrogen and oxygen atoms in total. The predicted molar refractivity (Wildman–Crippen MR) is 72.6 cm³/mol. The van der Waals surface area contributed by atoms with E-state index in [4.69, 9.17) is 4.98 Å². The monoisotopic (exact) mass is 245 g/mol. The van der Waals surface area contributed by atoms with Crippen LogP contribution >= 0.6 is 0 Å². The van der Waals surface area contributed by atoms with Crippen molar-refractivity contribution in [2.75, 3.05) is 0 Å². The smallest absolute Gasteiger partial charge is 0.131 e. The van der Waals surface area contributed by atoms with E-state index in [2.05, 4.69) is 30.3 Å². The Balaban J connectivity index is 1.77. The SMILES string of the molecule is CC(C)c1nc(C2CCC2)ncc1CNC1CC1. The van der Waals surface area contributed by atoms with Gasteiger partial charge in [0.05, 0.1) is 5.69 Å². The summed E-state index contributed by atoms with van der Waals surface area (Å²) < 4.78 is 0. The summed E-state index contributed by atoms with van der Waals surface area (Å²) in [6.45, 7) is 5.39. The molecule has 0 saturated heterocycles. The molecular formula is C15H23N3. The fourth-order valence-electron chi connectivity index (χ4n) is 2.48. The molecule has 3 heteroatoms. The Morgan fingerprint density at radius 2 is 2.06 bits per heavy atom. The summed E-state index contributed by atoms with van der Waals surface area (Å²) in [5.74, 6) is 2.20. The van der Waals surface area contributed by atoms with Crippen molar-refractivity contribution < 1.29 is 0 Å². The van der Waals surface area contributed by atoms with Gasteiger partial charge in [-0.2, -0.15) is 0 Å². The number of rotatable bonds is 5. The second-order valence-corrected chi connectivity index (χ2v) is 6.08. The molecule has 3 rings (SSSR count). The van der Waals surface area contributed by atoms with Crippen LogP contribution in [0.3, 0.4) is 0 Å². The number of nitrogens with one attached hydrogen (secondary N) is 1. The van der Waals surface area contributed by atoms with Crippen molar-refractivity contribution in [3.63, 3.8) is 0 Å². The molecule has 18 heavy (non-hydrogen) atoms. The second-order valence-electron chi connectivity index (χ2n) is 6.08. The number of nitrogens with zero attached hydrogens (tertiary/aromatic N) is 2. The van der Waals surface area contributed by atoms with Crippen molar-refractivity contribution in [3.8, 4) is 0 Å². The zero-order valence-electron chi connectivity index (χ0n) is 11.4. The van der Waals surface area contributed by atoms with Crippen LogP contribution in [0.5, 0.6) is 0 Å². The topological polar surface area (TPSA) is 37.8 Å². The quantitative estimate of drug-likeness (QED) is 0.866. The lowest BCUT2D eigenvalue weighted by Gasteiger charge is -2.25. The Morgan fingerprint density at radius 1 is 1.28 bits per heavy atom. The minimum absolute atomic E-state index is 0.489. The maximum atomic E-state index is 4.84. The highest BCUT2D eigenvalue weighted by molar-refractivity contribution is 5.22. The third-order valence-electron chi connectivity index (χ3n) is 4.09. The van der Waals surface area contributed by atoms with E-state index >= 15 is 0 Å². The molecule has 1 aromatic rings. The van der Waals surface area contributed by atoms with E-state index < -0.39 is 0 Å². The summed E-state index contributed by atoms with van der Waals surface area (Å²) in [5, 5.41) is 3.56. The van der Waals surface area contributed by atoms with E-state index in [9.17, 15) is 0 Å². The van der Waals surface area contributed by atoms with Gasteiger partial charge in [-0.05, 0) is 31.6 Å². The molecule has 0 aromatic carbocycles. The molecule has 1 heterocycles. The van der Waals surface area contributed by atoms with E-state index in [1.54, 1.807) is 0 Å². The fourth-order valence-corrected chi connectivity index (χ4v) is 2.48. The van der Waals surface area contributed by atoms with Crippen LogP contribution in [0.15, 0.2) is 6.20 Å². The molecule has 2 saturated carbocycles. The van der Waals surface area contributed by atoms with Crippen molar-refractivity contribution in [3.05, 3.63) is 23.3 Å². The van der Waals surface area contributed by atoms with Gasteiger partial charge in [-0.15, -0.1) is 0 Å². The highest BCUT2D eigenvalue weighted by Crippen LogP contribution is 2.35. The van der Waals surface area contributed by atoms with Gasteiger partial charge in [-0.3, -0.25) is 0 Å². The zero-order valence-corrected chi connectivity index (χ0v) is 11.4. The van der Waals surface area contributed by atoms with E-state index in [1.807, 2.05) is 0 Å². The Morgan fingerprint density at radius 3 is 2.61 bits per heavy atom. The van der Waals surface area contributed by atoms with Crippen LogP contribution in [-0.2, 0) is 6.54 Å². The van der Waals surface area contributed by atoms with E-state index in [-0.39, 0.29) is 0 Å². The Labute approximate surface area is 109 Å². The highest BCUT2D eigenvalue weighted by Gasteiger charge is 2.24. The van der Waals surface area contributed by atoms with Crippen LogP contribution in [0.1, 0.15) is 74.9 Å². The van der Waals surface area contributed by atoms with Gasteiger partial charge >= 0.3 is 0 Å².